The highest BCUT2D eigenvalue weighted by molar-refractivity contribution is 7.13. The van der Waals surface area contributed by atoms with Crippen LogP contribution in [0.25, 0.3) is 0 Å². The third-order valence-corrected chi connectivity index (χ3v) is 5.36. The van der Waals surface area contributed by atoms with Crippen LogP contribution in [0, 0.1) is 0 Å². The zero-order chi connectivity index (χ0) is 14.5. The molecule has 1 unspecified atom stereocenters. The van der Waals surface area contributed by atoms with Gasteiger partial charge >= 0.3 is 0 Å². The zero-order valence-electron chi connectivity index (χ0n) is 12.9. The van der Waals surface area contributed by atoms with Crippen molar-refractivity contribution in [1.82, 2.24) is 9.88 Å². The molecule has 0 N–H and O–H groups in total. The van der Waals surface area contributed by atoms with Crippen LogP contribution in [0.3, 0.4) is 0 Å². The van der Waals surface area contributed by atoms with Crippen molar-refractivity contribution in [3.63, 3.8) is 0 Å². The molecule has 20 heavy (non-hydrogen) atoms. The number of hydrogen-bond acceptors (Lipinski definition) is 4. The number of nitrogens with zero attached hydrogens (tertiary/aromatic N) is 2. The van der Waals surface area contributed by atoms with Crippen LogP contribution in [0.4, 0.5) is 0 Å². The molecule has 1 saturated heterocycles. The summed E-state index contributed by atoms with van der Waals surface area (Å²) in [7, 11) is 0. The van der Waals surface area contributed by atoms with E-state index in [-0.39, 0.29) is 5.78 Å². The Morgan fingerprint density at radius 3 is 2.85 bits per heavy atom. The molecule has 0 spiro atoms. The van der Waals surface area contributed by atoms with E-state index in [9.17, 15) is 4.79 Å². The predicted molar refractivity (Wildman–Crippen MR) is 84.7 cm³/mol. The van der Waals surface area contributed by atoms with Gasteiger partial charge in [0.05, 0.1) is 15.6 Å². The van der Waals surface area contributed by atoms with E-state index in [1.165, 1.54) is 25.8 Å². The first-order valence-corrected chi connectivity index (χ1v) is 8.67. The maximum atomic E-state index is 11.7. The predicted octanol–water partition coefficient (Wildman–Crippen LogP) is 3.72. The number of carbonyl (C=O) groups is 1. The molecular formula is C16H26N2OS. The third kappa shape index (κ3) is 3.89. The van der Waals surface area contributed by atoms with Crippen molar-refractivity contribution < 1.29 is 4.79 Å². The Balaban J connectivity index is 1.98. The lowest BCUT2D eigenvalue weighted by Crippen LogP contribution is -2.38. The highest BCUT2D eigenvalue weighted by atomic mass is 32.1. The van der Waals surface area contributed by atoms with Gasteiger partial charge in [-0.15, -0.1) is 11.3 Å². The molecule has 1 aliphatic rings. The molecule has 2 rings (SSSR count). The second kappa shape index (κ2) is 7.32. The van der Waals surface area contributed by atoms with Crippen molar-refractivity contribution in [3.8, 4) is 0 Å². The number of Topliss-reactive ketones (excluding diaryl/α,β-unsaturated/α-hetero) is 1. The lowest BCUT2D eigenvalue weighted by molar-refractivity contribution is 0.102. The van der Waals surface area contributed by atoms with Crippen LogP contribution in [-0.2, 0) is 12.8 Å². The summed E-state index contributed by atoms with van der Waals surface area (Å²) in [5, 5.41) is 1.14. The number of hydrogen-bond donors (Lipinski definition) is 0. The van der Waals surface area contributed by atoms with Gasteiger partial charge in [0.25, 0.3) is 0 Å². The average Bonchev–Trinajstić information content (AvgIpc) is 2.82. The molecule has 2 heterocycles. The smallest absolute Gasteiger partial charge is 0.171 e. The Morgan fingerprint density at radius 1 is 1.40 bits per heavy atom. The molecule has 0 saturated carbocycles. The third-order valence-electron chi connectivity index (χ3n) is 4.10. The second-order valence-corrected chi connectivity index (χ2v) is 6.90. The van der Waals surface area contributed by atoms with Crippen LogP contribution in [0.15, 0.2) is 0 Å². The molecule has 1 aliphatic heterocycles. The van der Waals surface area contributed by atoms with E-state index < -0.39 is 0 Å². The molecule has 1 aromatic heterocycles. The van der Waals surface area contributed by atoms with Gasteiger partial charge in [-0.05, 0) is 32.7 Å². The molecule has 0 aliphatic carbocycles. The molecule has 1 aromatic rings. The summed E-state index contributed by atoms with van der Waals surface area (Å²) in [6.07, 6.45) is 6.96. The largest absolute Gasteiger partial charge is 0.300 e. The minimum atomic E-state index is 0.170. The van der Waals surface area contributed by atoms with Crippen LogP contribution in [0.1, 0.15) is 66.8 Å². The normalized spacial score (nSPS) is 20.2. The summed E-state index contributed by atoms with van der Waals surface area (Å²) in [4.78, 5) is 19.8. The number of likely N-dealkylation sites (tertiary alicyclic amines) is 1. The van der Waals surface area contributed by atoms with Crippen LogP contribution >= 0.6 is 11.3 Å². The van der Waals surface area contributed by atoms with Gasteiger partial charge in [-0.2, -0.15) is 0 Å². The number of rotatable bonds is 6. The summed E-state index contributed by atoms with van der Waals surface area (Å²) in [6.45, 7) is 8.41. The van der Waals surface area contributed by atoms with Crippen molar-refractivity contribution in [2.45, 2.75) is 65.3 Å². The number of aromatic nitrogens is 1. The maximum Gasteiger partial charge on any atom is 0.171 e. The summed E-state index contributed by atoms with van der Waals surface area (Å²) < 4.78 is 0. The molecule has 4 heteroatoms. The summed E-state index contributed by atoms with van der Waals surface area (Å²) in [6, 6.07) is 0.700. The number of aryl methyl sites for hydroxylation is 1. The van der Waals surface area contributed by atoms with E-state index in [2.05, 4.69) is 18.7 Å². The number of ketones is 1. The SMILES string of the molecule is CCCc1nc(CCN2CCCCC2C)sc1C(C)=O. The lowest BCUT2D eigenvalue weighted by atomic mass is 10.0. The standard InChI is InChI=1S/C16H26N2OS/c1-4-7-14-16(13(3)19)20-15(17-14)9-11-18-10-6-5-8-12(18)2/h12H,4-11H2,1-3H3. The first kappa shape index (κ1) is 15.6. The summed E-state index contributed by atoms with van der Waals surface area (Å²) >= 11 is 1.61. The van der Waals surface area contributed by atoms with Crippen LogP contribution in [0.2, 0.25) is 0 Å². The molecule has 1 fully saturated rings. The van der Waals surface area contributed by atoms with Crippen LogP contribution in [0.5, 0.6) is 0 Å². The molecule has 0 aromatic carbocycles. The van der Waals surface area contributed by atoms with Gasteiger partial charge in [0.1, 0.15) is 0 Å². The van der Waals surface area contributed by atoms with E-state index in [1.54, 1.807) is 18.3 Å². The van der Waals surface area contributed by atoms with E-state index >= 15 is 0 Å². The van der Waals surface area contributed by atoms with Gasteiger partial charge in [0, 0.05) is 25.9 Å². The molecule has 0 bridgehead atoms. The highest BCUT2D eigenvalue weighted by Gasteiger charge is 2.19. The van der Waals surface area contributed by atoms with Gasteiger partial charge in [0.15, 0.2) is 5.78 Å². The quantitative estimate of drug-likeness (QED) is 0.750. The minimum Gasteiger partial charge on any atom is -0.300 e. The van der Waals surface area contributed by atoms with E-state index in [0.29, 0.717) is 6.04 Å². The summed E-state index contributed by atoms with van der Waals surface area (Å²) in [5.74, 6) is 0.170. The van der Waals surface area contributed by atoms with Crippen molar-refractivity contribution in [3.05, 3.63) is 15.6 Å². The van der Waals surface area contributed by atoms with Crippen molar-refractivity contribution in [2.75, 3.05) is 13.1 Å². The number of piperidine rings is 1. The van der Waals surface area contributed by atoms with E-state index in [1.807, 2.05) is 0 Å². The van der Waals surface area contributed by atoms with E-state index in [0.717, 1.165) is 41.4 Å². The number of thiazole rings is 1. The zero-order valence-corrected chi connectivity index (χ0v) is 13.8. The van der Waals surface area contributed by atoms with Crippen LogP contribution in [-0.4, -0.2) is 34.8 Å². The van der Waals surface area contributed by atoms with Gasteiger partial charge in [-0.3, -0.25) is 4.79 Å². The van der Waals surface area contributed by atoms with Gasteiger partial charge < -0.3 is 4.90 Å². The van der Waals surface area contributed by atoms with Gasteiger partial charge in [0.2, 0.25) is 0 Å². The second-order valence-electron chi connectivity index (χ2n) is 5.82. The Bertz CT molecular complexity index is 455. The molecule has 0 amide bonds. The molecule has 3 nitrogen and oxygen atoms in total. The maximum absolute atomic E-state index is 11.7. The fourth-order valence-electron chi connectivity index (χ4n) is 2.92. The lowest BCUT2D eigenvalue weighted by Gasteiger charge is -2.33. The Morgan fingerprint density at radius 2 is 2.20 bits per heavy atom. The van der Waals surface area contributed by atoms with Gasteiger partial charge in [-0.25, -0.2) is 4.98 Å². The molecule has 0 radical (unpaired) electrons. The Labute approximate surface area is 126 Å². The van der Waals surface area contributed by atoms with Crippen molar-refractivity contribution in [1.29, 1.82) is 0 Å². The Kier molecular flexibility index (Phi) is 5.73. The van der Waals surface area contributed by atoms with E-state index in [4.69, 9.17) is 4.98 Å². The van der Waals surface area contributed by atoms with Crippen LogP contribution < -0.4 is 0 Å². The first-order valence-electron chi connectivity index (χ1n) is 7.85. The van der Waals surface area contributed by atoms with Crippen molar-refractivity contribution in [2.24, 2.45) is 0 Å². The highest BCUT2D eigenvalue weighted by Crippen LogP contribution is 2.22. The monoisotopic (exact) mass is 294 g/mol. The fourth-order valence-corrected chi connectivity index (χ4v) is 3.91. The van der Waals surface area contributed by atoms with Crippen molar-refractivity contribution >= 4 is 17.1 Å². The molecular weight excluding hydrogens is 268 g/mol. The average molecular weight is 294 g/mol. The Hall–Kier alpha value is -0.740. The fraction of sp³-hybridized carbons (Fsp3) is 0.750. The topological polar surface area (TPSA) is 33.2 Å². The molecule has 1 atom stereocenters. The summed E-state index contributed by atoms with van der Waals surface area (Å²) in [5.41, 5.74) is 1.02. The minimum absolute atomic E-state index is 0.170. The molecule has 112 valence electrons. The number of carbonyl (C=O) groups excluding carboxylic acids is 1. The van der Waals surface area contributed by atoms with Gasteiger partial charge in [-0.1, -0.05) is 19.8 Å². The first-order chi connectivity index (χ1) is 9.61.